The topological polar surface area (TPSA) is 114 Å². The summed E-state index contributed by atoms with van der Waals surface area (Å²) in [6.07, 6.45) is 4.60. The van der Waals surface area contributed by atoms with Crippen LogP contribution < -0.4 is 15.2 Å². The number of carbonyl (C=O) groups is 3. The van der Waals surface area contributed by atoms with Gasteiger partial charge in [-0.05, 0) is 81.7 Å². The van der Waals surface area contributed by atoms with Crippen LogP contribution in [0.1, 0.15) is 64.5 Å². The van der Waals surface area contributed by atoms with Crippen LogP contribution in [0.25, 0.3) is 10.8 Å². The summed E-state index contributed by atoms with van der Waals surface area (Å²) >= 11 is 0. The van der Waals surface area contributed by atoms with Gasteiger partial charge in [-0.15, -0.1) is 0 Å². The van der Waals surface area contributed by atoms with Crippen LogP contribution in [0.2, 0.25) is 0 Å². The molecule has 0 aliphatic carbocycles. The number of piperidine rings is 2. The number of hydrogen-bond acceptors (Lipinski definition) is 8. The van der Waals surface area contributed by atoms with Crippen molar-refractivity contribution in [3.05, 3.63) is 64.6 Å². The van der Waals surface area contributed by atoms with E-state index in [1.807, 2.05) is 56.0 Å². The first kappa shape index (κ1) is 30.6. The molecule has 1 unspecified atom stereocenters. The van der Waals surface area contributed by atoms with Crippen LogP contribution >= 0.6 is 0 Å². The maximum atomic E-state index is 13.8. The van der Waals surface area contributed by atoms with Crippen molar-refractivity contribution in [1.82, 2.24) is 19.6 Å². The van der Waals surface area contributed by atoms with Crippen molar-refractivity contribution in [1.29, 1.82) is 0 Å². The molecule has 2 aromatic carbocycles. The lowest BCUT2D eigenvalue weighted by atomic mass is 9.77. The lowest BCUT2D eigenvalue weighted by molar-refractivity contribution is -0.152. The fourth-order valence-corrected chi connectivity index (χ4v) is 6.75. The van der Waals surface area contributed by atoms with Crippen molar-refractivity contribution in [3.63, 3.8) is 0 Å². The molecule has 3 fully saturated rings. The first-order valence-corrected chi connectivity index (χ1v) is 15.7. The number of methoxy groups -OCH3 is 1. The molecule has 1 aromatic heterocycles. The van der Waals surface area contributed by atoms with Gasteiger partial charge in [-0.1, -0.05) is 18.2 Å². The molecule has 11 nitrogen and oxygen atoms in total. The molecule has 0 N–H and O–H groups in total. The van der Waals surface area contributed by atoms with Crippen LogP contribution in [0.3, 0.4) is 0 Å². The third-order valence-electron chi connectivity index (χ3n) is 9.35. The molecule has 3 saturated heterocycles. The molecule has 3 amide bonds. The van der Waals surface area contributed by atoms with Gasteiger partial charge in [-0.25, -0.2) is 9.48 Å². The Hall–Kier alpha value is -4.41. The minimum Gasteiger partial charge on any atom is -0.497 e. The number of aromatic nitrogens is 2. The summed E-state index contributed by atoms with van der Waals surface area (Å²) < 4.78 is 12.1. The van der Waals surface area contributed by atoms with Crippen molar-refractivity contribution >= 4 is 34.4 Å². The van der Waals surface area contributed by atoms with Crippen LogP contribution in [-0.2, 0) is 20.9 Å². The zero-order chi connectivity index (χ0) is 31.9. The average Bonchev–Trinajstić information content (AvgIpc) is 3.43. The summed E-state index contributed by atoms with van der Waals surface area (Å²) in [7, 11) is 1.58. The standard InChI is InChI=1S/C34H41N5O6/c1-33(2,3)45-32(43)37-18-15-34(22-37)13-16-36(17-14-34)25-8-7-24-20-35-39(30(41)27(24)19-25)28-11-12-29(40)38(31(28)42)21-23-5-9-26(44-4)10-6-23/h5-10,19-20,28H,11-18,21-22H2,1-4H3. The van der Waals surface area contributed by atoms with E-state index < -0.39 is 17.6 Å². The molecule has 0 bridgehead atoms. The lowest BCUT2D eigenvalue weighted by Gasteiger charge is -2.40. The Morgan fingerprint density at radius 1 is 1.00 bits per heavy atom. The highest BCUT2D eigenvalue weighted by Gasteiger charge is 2.43. The second-order valence-corrected chi connectivity index (χ2v) is 13.5. The third-order valence-corrected chi connectivity index (χ3v) is 9.35. The maximum absolute atomic E-state index is 13.8. The number of benzene rings is 2. The van der Waals surface area contributed by atoms with E-state index in [4.69, 9.17) is 9.47 Å². The molecular formula is C34H41N5O6. The molecule has 6 rings (SSSR count). The van der Waals surface area contributed by atoms with Gasteiger partial charge >= 0.3 is 6.09 Å². The number of fused-ring (bicyclic) bond motifs is 1. The number of rotatable bonds is 5. The first-order chi connectivity index (χ1) is 21.4. The van der Waals surface area contributed by atoms with Gasteiger partial charge in [0.15, 0.2) is 0 Å². The van der Waals surface area contributed by atoms with E-state index in [-0.39, 0.29) is 42.4 Å². The van der Waals surface area contributed by atoms with Gasteiger partial charge in [0.2, 0.25) is 5.91 Å². The molecule has 45 heavy (non-hydrogen) atoms. The zero-order valence-electron chi connectivity index (χ0n) is 26.5. The number of anilines is 1. The summed E-state index contributed by atoms with van der Waals surface area (Å²) in [5.74, 6) is -0.000299. The van der Waals surface area contributed by atoms with Crippen molar-refractivity contribution < 1.29 is 23.9 Å². The summed E-state index contributed by atoms with van der Waals surface area (Å²) in [5, 5.41) is 5.57. The SMILES string of the molecule is COc1ccc(CN2C(=O)CCC(n3ncc4ccc(N5CCC6(CCN(C(=O)OC(C)(C)C)C6)CC5)cc4c3=O)C2=O)cc1. The normalized spacial score (nSPS) is 20.3. The first-order valence-electron chi connectivity index (χ1n) is 15.7. The van der Waals surface area contributed by atoms with Gasteiger partial charge in [0.25, 0.3) is 11.5 Å². The Labute approximate surface area is 262 Å². The van der Waals surface area contributed by atoms with Gasteiger partial charge in [0.05, 0.1) is 25.2 Å². The zero-order valence-corrected chi connectivity index (χ0v) is 26.5. The molecular weight excluding hydrogens is 574 g/mol. The number of amides is 3. The van der Waals surface area contributed by atoms with Gasteiger partial charge in [0, 0.05) is 43.7 Å². The number of hydrogen-bond donors (Lipinski definition) is 0. The predicted molar refractivity (Wildman–Crippen MR) is 169 cm³/mol. The second kappa shape index (κ2) is 11.8. The van der Waals surface area contributed by atoms with E-state index in [1.54, 1.807) is 25.4 Å². The minimum atomic E-state index is -0.855. The van der Waals surface area contributed by atoms with Crippen LogP contribution in [0, 0.1) is 5.41 Å². The number of carbonyl (C=O) groups excluding carboxylic acids is 3. The highest BCUT2D eigenvalue weighted by Crippen LogP contribution is 2.42. The fraction of sp³-hybridized carbons (Fsp3) is 0.500. The van der Waals surface area contributed by atoms with Gasteiger partial charge in [0.1, 0.15) is 17.4 Å². The highest BCUT2D eigenvalue weighted by atomic mass is 16.6. The smallest absolute Gasteiger partial charge is 0.410 e. The van der Waals surface area contributed by atoms with Gasteiger partial charge in [-0.3, -0.25) is 19.3 Å². The van der Waals surface area contributed by atoms with Crippen molar-refractivity contribution in [2.75, 3.05) is 38.2 Å². The highest BCUT2D eigenvalue weighted by molar-refractivity contribution is 5.99. The lowest BCUT2D eigenvalue weighted by Crippen LogP contribution is -2.47. The Morgan fingerprint density at radius 2 is 1.71 bits per heavy atom. The van der Waals surface area contributed by atoms with Gasteiger partial charge < -0.3 is 19.3 Å². The molecule has 3 aromatic rings. The minimum absolute atomic E-state index is 0.0807. The number of ether oxygens (including phenoxy) is 2. The summed E-state index contributed by atoms with van der Waals surface area (Å²) in [6, 6.07) is 12.1. The van der Waals surface area contributed by atoms with Crippen LogP contribution in [-0.4, -0.2) is 76.4 Å². The van der Waals surface area contributed by atoms with E-state index in [9.17, 15) is 19.2 Å². The Bertz CT molecular complexity index is 1670. The Morgan fingerprint density at radius 3 is 2.40 bits per heavy atom. The number of nitrogens with zero attached hydrogens (tertiary/aromatic N) is 5. The van der Waals surface area contributed by atoms with Crippen LogP contribution in [0.5, 0.6) is 5.75 Å². The molecule has 1 spiro atoms. The molecule has 3 aliphatic heterocycles. The van der Waals surface area contributed by atoms with Crippen molar-refractivity contribution in [2.45, 2.75) is 71.1 Å². The number of imide groups is 1. The van der Waals surface area contributed by atoms with E-state index >= 15 is 0 Å². The van der Waals surface area contributed by atoms with Crippen LogP contribution in [0.15, 0.2) is 53.5 Å². The summed E-state index contributed by atoms with van der Waals surface area (Å²) in [5.41, 5.74) is 0.958. The molecule has 3 aliphatic rings. The molecule has 238 valence electrons. The van der Waals surface area contributed by atoms with E-state index in [0.29, 0.717) is 29.6 Å². The van der Waals surface area contributed by atoms with E-state index in [1.165, 1.54) is 9.58 Å². The monoisotopic (exact) mass is 615 g/mol. The predicted octanol–water partition coefficient (Wildman–Crippen LogP) is 4.52. The molecule has 0 saturated carbocycles. The van der Waals surface area contributed by atoms with Crippen LogP contribution in [0.4, 0.5) is 10.5 Å². The van der Waals surface area contributed by atoms with E-state index in [2.05, 4.69) is 10.00 Å². The van der Waals surface area contributed by atoms with Crippen molar-refractivity contribution in [3.8, 4) is 5.75 Å². The fourth-order valence-electron chi connectivity index (χ4n) is 6.75. The Balaban J connectivity index is 1.16. The summed E-state index contributed by atoms with van der Waals surface area (Å²) in [4.78, 5) is 58.1. The third kappa shape index (κ3) is 6.25. The quantitative estimate of drug-likeness (QED) is 0.385. The Kier molecular flexibility index (Phi) is 8.05. The number of likely N-dealkylation sites (tertiary alicyclic amines) is 2. The second-order valence-electron chi connectivity index (χ2n) is 13.5. The van der Waals surface area contributed by atoms with Crippen molar-refractivity contribution in [2.24, 2.45) is 5.41 Å². The van der Waals surface area contributed by atoms with Gasteiger partial charge in [-0.2, -0.15) is 5.10 Å². The molecule has 1 atom stereocenters. The summed E-state index contributed by atoms with van der Waals surface area (Å²) in [6.45, 7) is 8.82. The molecule has 0 radical (unpaired) electrons. The molecule has 4 heterocycles. The largest absolute Gasteiger partial charge is 0.497 e. The van der Waals surface area contributed by atoms with E-state index in [0.717, 1.165) is 43.6 Å². The maximum Gasteiger partial charge on any atom is 0.410 e. The average molecular weight is 616 g/mol. The molecule has 11 heteroatoms.